The fourth-order valence-electron chi connectivity index (χ4n) is 1.80. The molecule has 0 atom stereocenters. The van der Waals surface area contributed by atoms with Crippen molar-refractivity contribution < 1.29 is 4.52 Å². The van der Waals surface area contributed by atoms with E-state index in [0.29, 0.717) is 27.3 Å². The molecule has 0 unspecified atom stereocenters. The lowest BCUT2D eigenvalue weighted by Gasteiger charge is -1.99. The van der Waals surface area contributed by atoms with Crippen LogP contribution in [0.3, 0.4) is 0 Å². The van der Waals surface area contributed by atoms with Crippen molar-refractivity contribution in [2.45, 2.75) is 0 Å². The lowest BCUT2D eigenvalue weighted by molar-refractivity contribution is 0.433. The highest BCUT2D eigenvalue weighted by molar-refractivity contribution is 9.10. The van der Waals surface area contributed by atoms with Crippen molar-refractivity contribution in [2.24, 2.45) is 0 Å². The Morgan fingerprint density at radius 2 is 2.00 bits per heavy atom. The second-order valence-electron chi connectivity index (χ2n) is 4.19. The normalized spacial score (nSPS) is 10.3. The molecule has 3 aromatic rings. The fraction of sp³-hybridized carbons (Fsp3) is 0. The van der Waals surface area contributed by atoms with Crippen molar-refractivity contribution in [3.8, 4) is 28.8 Å². The number of nitrogens with two attached hydrogens (primary N) is 1. The van der Waals surface area contributed by atoms with Crippen LogP contribution >= 0.6 is 15.9 Å². The predicted molar refractivity (Wildman–Crippen MR) is 79.8 cm³/mol. The number of nitriles is 1. The number of benzene rings is 1. The van der Waals surface area contributed by atoms with Gasteiger partial charge < -0.3 is 10.3 Å². The van der Waals surface area contributed by atoms with E-state index in [4.69, 9.17) is 15.5 Å². The molecule has 0 bridgehead atoms. The first-order chi connectivity index (χ1) is 10.2. The third-order valence-electron chi connectivity index (χ3n) is 2.82. The molecule has 102 valence electrons. The third-order valence-corrected chi connectivity index (χ3v) is 3.21. The molecule has 3 rings (SSSR count). The Balaban J connectivity index is 1.99. The van der Waals surface area contributed by atoms with E-state index < -0.39 is 0 Å². The zero-order valence-electron chi connectivity index (χ0n) is 10.6. The highest BCUT2D eigenvalue weighted by atomic mass is 79.9. The van der Waals surface area contributed by atoms with Gasteiger partial charge in [0.15, 0.2) is 17.3 Å². The Morgan fingerprint density at radius 1 is 1.24 bits per heavy atom. The summed E-state index contributed by atoms with van der Waals surface area (Å²) >= 11 is 3.24. The Labute approximate surface area is 128 Å². The Hall–Kier alpha value is -2.72. The van der Waals surface area contributed by atoms with Gasteiger partial charge in [0.05, 0.1) is 17.8 Å². The summed E-state index contributed by atoms with van der Waals surface area (Å²) in [5.74, 6) is 0.696. The van der Waals surface area contributed by atoms with Crippen LogP contribution in [0.25, 0.3) is 22.7 Å². The van der Waals surface area contributed by atoms with E-state index >= 15 is 0 Å². The van der Waals surface area contributed by atoms with Crippen LogP contribution < -0.4 is 5.73 Å². The first-order valence-electron chi connectivity index (χ1n) is 5.93. The molecule has 2 N–H and O–H groups in total. The largest absolute Gasteiger partial charge is 0.382 e. The maximum absolute atomic E-state index is 8.79. The number of anilines is 1. The van der Waals surface area contributed by atoms with Gasteiger partial charge in [0.2, 0.25) is 0 Å². The van der Waals surface area contributed by atoms with E-state index in [2.05, 4.69) is 37.1 Å². The van der Waals surface area contributed by atoms with E-state index in [1.807, 2.05) is 0 Å². The summed E-state index contributed by atoms with van der Waals surface area (Å²) in [6.45, 7) is 0. The molecule has 0 spiro atoms. The quantitative estimate of drug-likeness (QED) is 0.768. The summed E-state index contributed by atoms with van der Waals surface area (Å²) < 4.78 is 5.84. The van der Waals surface area contributed by atoms with Crippen molar-refractivity contribution in [1.82, 2.24) is 15.1 Å². The molecular weight excluding hydrogens is 334 g/mol. The highest BCUT2D eigenvalue weighted by Gasteiger charge is 2.14. The van der Waals surface area contributed by atoms with Crippen molar-refractivity contribution in [2.75, 3.05) is 5.73 Å². The molecule has 0 amide bonds. The van der Waals surface area contributed by atoms with Crippen LogP contribution in [0.15, 0.2) is 45.7 Å². The molecular formula is C14H8BrN5O. The number of nitrogen functional groups attached to an aromatic ring is 1. The van der Waals surface area contributed by atoms with Crippen molar-refractivity contribution in [3.63, 3.8) is 0 Å². The van der Waals surface area contributed by atoms with Crippen LogP contribution in [-0.4, -0.2) is 15.1 Å². The maximum atomic E-state index is 8.79. The average molecular weight is 342 g/mol. The van der Waals surface area contributed by atoms with Gasteiger partial charge in [0, 0.05) is 11.6 Å². The molecule has 1 aromatic carbocycles. The number of halogens is 1. The van der Waals surface area contributed by atoms with E-state index in [1.54, 1.807) is 30.3 Å². The fourth-order valence-corrected chi connectivity index (χ4v) is 2.08. The lowest BCUT2D eigenvalue weighted by atomic mass is 10.1. The number of rotatable bonds is 2. The third kappa shape index (κ3) is 2.61. The standard InChI is InChI=1S/C14H8BrN5O/c15-12-7-18-14(17)13(19-12)11-5-10(20-21-11)9-3-1-8(6-16)2-4-9/h1-5,7H,(H2,17,18). The average Bonchev–Trinajstić information content (AvgIpc) is 2.99. The van der Waals surface area contributed by atoms with Gasteiger partial charge in [-0.25, -0.2) is 9.97 Å². The van der Waals surface area contributed by atoms with Crippen LogP contribution in [-0.2, 0) is 0 Å². The number of hydrogen-bond acceptors (Lipinski definition) is 6. The van der Waals surface area contributed by atoms with Gasteiger partial charge in [0.25, 0.3) is 0 Å². The van der Waals surface area contributed by atoms with E-state index in [-0.39, 0.29) is 5.82 Å². The van der Waals surface area contributed by atoms with Crippen molar-refractivity contribution >= 4 is 21.7 Å². The Kier molecular flexibility index (Phi) is 3.38. The summed E-state index contributed by atoms with van der Waals surface area (Å²) in [6.07, 6.45) is 1.51. The Bertz CT molecular complexity index is 835. The second-order valence-corrected chi connectivity index (χ2v) is 5.00. The minimum atomic E-state index is 0.265. The van der Waals surface area contributed by atoms with E-state index in [1.165, 1.54) is 6.20 Å². The first-order valence-corrected chi connectivity index (χ1v) is 6.72. The summed E-state index contributed by atoms with van der Waals surface area (Å²) in [7, 11) is 0. The molecule has 6 nitrogen and oxygen atoms in total. The topological polar surface area (TPSA) is 102 Å². The molecule has 7 heteroatoms. The van der Waals surface area contributed by atoms with Gasteiger partial charge in [-0.2, -0.15) is 5.26 Å². The van der Waals surface area contributed by atoms with Gasteiger partial charge >= 0.3 is 0 Å². The number of nitrogens with zero attached hydrogens (tertiary/aromatic N) is 4. The molecule has 0 saturated carbocycles. The van der Waals surface area contributed by atoms with Crippen LogP contribution in [0.2, 0.25) is 0 Å². The molecule has 0 radical (unpaired) electrons. The molecule has 0 saturated heterocycles. The summed E-state index contributed by atoms with van der Waals surface area (Å²) in [6, 6.07) is 10.8. The van der Waals surface area contributed by atoms with Gasteiger partial charge in [-0.3, -0.25) is 0 Å². The van der Waals surface area contributed by atoms with Gasteiger partial charge in [-0.1, -0.05) is 17.3 Å². The van der Waals surface area contributed by atoms with Gasteiger partial charge in [-0.15, -0.1) is 0 Å². The molecule has 2 aromatic heterocycles. The van der Waals surface area contributed by atoms with Crippen LogP contribution in [0.4, 0.5) is 5.82 Å². The van der Waals surface area contributed by atoms with Crippen molar-refractivity contribution in [3.05, 3.63) is 46.7 Å². The zero-order chi connectivity index (χ0) is 14.8. The molecule has 0 fully saturated rings. The monoisotopic (exact) mass is 341 g/mol. The molecule has 0 aliphatic rings. The molecule has 2 heterocycles. The maximum Gasteiger partial charge on any atom is 0.189 e. The molecule has 0 aliphatic heterocycles. The lowest BCUT2D eigenvalue weighted by Crippen LogP contribution is -1.96. The van der Waals surface area contributed by atoms with Crippen LogP contribution in [0, 0.1) is 11.3 Å². The van der Waals surface area contributed by atoms with Crippen LogP contribution in [0.1, 0.15) is 5.56 Å². The number of hydrogen-bond donors (Lipinski definition) is 1. The van der Waals surface area contributed by atoms with E-state index in [0.717, 1.165) is 5.56 Å². The summed E-state index contributed by atoms with van der Waals surface area (Å²) in [5, 5.41) is 12.8. The highest BCUT2D eigenvalue weighted by Crippen LogP contribution is 2.28. The smallest absolute Gasteiger partial charge is 0.189 e. The molecule has 0 aliphatic carbocycles. The number of aromatic nitrogens is 3. The van der Waals surface area contributed by atoms with Gasteiger partial charge in [-0.05, 0) is 28.1 Å². The van der Waals surface area contributed by atoms with Crippen LogP contribution in [0.5, 0.6) is 0 Å². The van der Waals surface area contributed by atoms with Crippen molar-refractivity contribution in [1.29, 1.82) is 5.26 Å². The SMILES string of the molecule is N#Cc1ccc(-c2cc(-c3nc(Br)cnc3N)on2)cc1. The minimum Gasteiger partial charge on any atom is -0.382 e. The zero-order valence-corrected chi connectivity index (χ0v) is 12.2. The first kappa shape index (κ1) is 13.3. The minimum absolute atomic E-state index is 0.265. The van der Waals surface area contributed by atoms with E-state index in [9.17, 15) is 0 Å². The second kappa shape index (κ2) is 5.34. The summed E-state index contributed by atoms with van der Waals surface area (Å²) in [5.41, 5.74) is 8.28. The predicted octanol–water partition coefficient (Wildman–Crippen LogP) is 3.01. The molecule has 21 heavy (non-hydrogen) atoms. The Morgan fingerprint density at radius 3 is 2.71 bits per heavy atom. The summed E-state index contributed by atoms with van der Waals surface area (Å²) in [4.78, 5) is 8.23. The van der Waals surface area contributed by atoms with Gasteiger partial charge in [0.1, 0.15) is 10.3 Å².